The van der Waals surface area contributed by atoms with Crippen LogP contribution in [-0.2, 0) is 0 Å². The predicted molar refractivity (Wildman–Crippen MR) is 114 cm³/mol. The number of nitrogens with one attached hydrogen (secondary N) is 2. The Morgan fingerprint density at radius 2 is 1.76 bits per heavy atom. The summed E-state index contributed by atoms with van der Waals surface area (Å²) in [6, 6.07) is 17.9. The molecule has 1 amide bonds. The topological polar surface area (TPSA) is 80.3 Å². The van der Waals surface area contributed by atoms with E-state index in [1.165, 1.54) is 6.92 Å². The van der Waals surface area contributed by atoms with Crippen molar-refractivity contribution in [2.45, 2.75) is 26.9 Å². The Morgan fingerprint density at radius 3 is 2.45 bits per heavy atom. The van der Waals surface area contributed by atoms with Gasteiger partial charge in [0.25, 0.3) is 5.91 Å². The van der Waals surface area contributed by atoms with E-state index in [2.05, 4.69) is 15.6 Å². The summed E-state index contributed by atoms with van der Waals surface area (Å²) in [5, 5.41) is 6.02. The smallest absolute Gasteiger partial charge is 0.274 e. The lowest BCUT2D eigenvalue weighted by molar-refractivity contribution is 0.101. The SMILES string of the molecule is CC(=O)c1cccc(Nc2ccc(C(=O)Nc3ccccc3OC(C)C)nc2)c1. The van der Waals surface area contributed by atoms with Gasteiger partial charge in [0.05, 0.1) is 23.7 Å². The number of anilines is 3. The second-order valence-electron chi connectivity index (χ2n) is 6.81. The zero-order chi connectivity index (χ0) is 20.8. The second-order valence-corrected chi connectivity index (χ2v) is 6.81. The van der Waals surface area contributed by atoms with Crippen LogP contribution in [-0.4, -0.2) is 22.8 Å². The van der Waals surface area contributed by atoms with Crippen LogP contribution < -0.4 is 15.4 Å². The number of nitrogens with zero attached hydrogens (tertiary/aromatic N) is 1. The largest absolute Gasteiger partial charge is 0.489 e. The minimum Gasteiger partial charge on any atom is -0.489 e. The number of hydrogen-bond acceptors (Lipinski definition) is 5. The number of pyridine rings is 1. The molecule has 3 aromatic rings. The quantitative estimate of drug-likeness (QED) is 0.552. The van der Waals surface area contributed by atoms with Gasteiger partial charge >= 0.3 is 0 Å². The maximum absolute atomic E-state index is 12.6. The minimum atomic E-state index is -0.324. The third-order valence-corrected chi connectivity index (χ3v) is 4.05. The van der Waals surface area contributed by atoms with Gasteiger partial charge in [0.1, 0.15) is 11.4 Å². The van der Waals surface area contributed by atoms with Crippen molar-refractivity contribution < 1.29 is 14.3 Å². The molecule has 0 saturated carbocycles. The Bertz CT molecular complexity index is 1010. The summed E-state index contributed by atoms with van der Waals surface area (Å²) in [6.45, 7) is 5.38. The van der Waals surface area contributed by atoms with Crippen molar-refractivity contribution >= 4 is 28.8 Å². The fourth-order valence-electron chi connectivity index (χ4n) is 2.70. The molecule has 6 nitrogen and oxygen atoms in total. The van der Waals surface area contributed by atoms with Gasteiger partial charge < -0.3 is 15.4 Å². The lowest BCUT2D eigenvalue weighted by atomic mass is 10.1. The standard InChI is InChI=1S/C23H23N3O3/c1-15(2)29-22-10-5-4-9-20(22)26-23(28)21-12-11-19(14-24-21)25-18-8-6-7-17(13-18)16(3)27/h4-15,25H,1-3H3,(H,26,28). The van der Waals surface area contributed by atoms with Gasteiger partial charge in [-0.05, 0) is 57.2 Å². The highest BCUT2D eigenvalue weighted by molar-refractivity contribution is 6.03. The normalized spacial score (nSPS) is 10.5. The van der Waals surface area contributed by atoms with Crippen LogP contribution in [0.1, 0.15) is 41.6 Å². The van der Waals surface area contributed by atoms with E-state index >= 15 is 0 Å². The van der Waals surface area contributed by atoms with Gasteiger partial charge in [-0.1, -0.05) is 24.3 Å². The average molecular weight is 389 g/mol. The van der Waals surface area contributed by atoms with E-state index in [0.29, 0.717) is 22.7 Å². The van der Waals surface area contributed by atoms with Crippen molar-refractivity contribution in [1.29, 1.82) is 0 Å². The number of hydrogen-bond donors (Lipinski definition) is 2. The van der Waals surface area contributed by atoms with E-state index in [1.807, 2.05) is 44.2 Å². The van der Waals surface area contributed by atoms with Gasteiger partial charge in [-0.25, -0.2) is 4.98 Å². The van der Waals surface area contributed by atoms with E-state index in [4.69, 9.17) is 4.74 Å². The molecule has 1 aromatic heterocycles. The molecule has 148 valence electrons. The van der Waals surface area contributed by atoms with Crippen molar-refractivity contribution in [2.24, 2.45) is 0 Å². The van der Waals surface area contributed by atoms with Gasteiger partial charge in [0.15, 0.2) is 5.78 Å². The molecule has 29 heavy (non-hydrogen) atoms. The first-order valence-corrected chi connectivity index (χ1v) is 9.33. The Balaban J connectivity index is 1.70. The fourth-order valence-corrected chi connectivity index (χ4v) is 2.70. The number of ether oxygens (including phenoxy) is 1. The second kappa shape index (κ2) is 9.01. The number of rotatable bonds is 7. The first kappa shape index (κ1) is 20.1. The monoisotopic (exact) mass is 389 g/mol. The summed E-state index contributed by atoms with van der Waals surface area (Å²) in [4.78, 5) is 28.3. The zero-order valence-electron chi connectivity index (χ0n) is 16.6. The highest BCUT2D eigenvalue weighted by atomic mass is 16.5. The molecule has 0 atom stereocenters. The number of carbonyl (C=O) groups is 2. The van der Waals surface area contributed by atoms with Crippen LogP contribution in [0.3, 0.4) is 0 Å². The third kappa shape index (κ3) is 5.42. The maximum atomic E-state index is 12.6. The van der Waals surface area contributed by atoms with Crippen LogP contribution in [0, 0.1) is 0 Å². The Morgan fingerprint density at radius 1 is 0.966 bits per heavy atom. The van der Waals surface area contributed by atoms with Crippen molar-refractivity contribution in [3.05, 3.63) is 78.1 Å². The molecule has 0 radical (unpaired) electrons. The van der Waals surface area contributed by atoms with Crippen molar-refractivity contribution in [1.82, 2.24) is 4.98 Å². The zero-order valence-corrected chi connectivity index (χ0v) is 16.6. The summed E-state index contributed by atoms with van der Waals surface area (Å²) in [5.41, 5.74) is 2.99. The number of carbonyl (C=O) groups excluding carboxylic acids is 2. The molecule has 2 aromatic carbocycles. The van der Waals surface area contributed by atoms with Crippen LogP contribution >= 0.6 is 0 Å². The molecular formula is C23H23N3O3. The Hall–Kier alpha value is -3.67. The van der Waals surface area contributed by atoms with E-state index in [9.17, 15) is 9.59 Å². The number of ketones is 1. The molecule has 0 aliphatic heterocycles. The van der Waals surface area contributed by atoms with Crippen LogP contribution in [0.15, 0.2) is 66.9 Å². The summed E-state index contributed by atoms with van der Waals surface area (Å²) in [6.07, 6.45) is 1.57. The molecule has 6 heteroatoms. The van der Waals surface area contributed by atoms with Crippen molar-refractivity contribution in [3.8, 4) is 5.75 Å². The van der Waals surface area contributed by atoms with Gasteiger partial charge in [-0.3, -0.25) is 9.59 Å². The van der Waals surface area contributed by atoms with Crippen LogP contribution in [0.2, 0.25) is 0 Å². The van der Waals surface area contributed by atoms with Crippen LogP contribution in [0.4, 0.5) is 17.1 Å². The Labute approximate surface area is 169 Å². The van der Waals surface area contributed by atoms with Gasteiger partial charge in [-0.2, -0.15) is 0 Å². The molecule has 0 unspecified atom stereocenters. The maximum Gasteiger partial charge on any atom is 0.274 e. The number of benzene rings is 2. The van der Waals surface area contributed by atoms with E-state index < -0.39 is 0 Å². The molecule has 0 saturated heterocycles. The van der Waals surface area contributed by atoms with Gasteiger partial charge in [-0.15, -0.1) is 0 Å². The molecule has 0 spiro atoms. The predicted octanol–water partition coefficient (Wildman–Crippen LogP) is 5.07. The highest BCUT2D eigenvalue weighted by Gasteiger charge is 2.12. The van der Waals surface area contributed by atoms with E-state index in [-0.39, 0.29) is 23.5 Å². The van der Waals surface area contributed by atoms with Gasteiger partial charge in [0.2, 0.25) is 0 Å². The molecule has 3 rings (SSSR count). The molecule has 0 fully saturated rings. The summed E-state index contributed by atoms with van der Waals surface area (Å²) in [5.74, 6) is 0.287. The molecule has 2 N–H and O–H groups in total. The first-order chi connectivity index (χ1) is 13.9. The molecule has 1 heterocycles. The lowest BCUT2D eigenvalue weighted by Crippen LogP contribution is -2.15. The van der Waals surface area contributed by atoms with E-state index in [0.717, 1.165) is 5.69 Å². The third-order valence-electron chi connectivity index (χ3n) is 4.05. The van der Waals surface area contributed by atoms with Crippen LogP contribution in [0.25, 0.3) is 0 Å². The highest BCUT2D eigenvalue weighted by Crippen LogP contribution is 2.25. The van der Waals surface area contributed by atoms with Crippen LogP contribution in [0.5, 0.6) is 5.75 Å². The molecular weight excluding hydrogens is 366 g/mol. The molecule has 0 bridgehead atoms. The molecule has 0 aliphatic rings. The number of para-hydroxylation sites is 2. The van der Waals surface area contributed by atoms with Crippen molar-refractivity contribution in [2.75, 3.05) is 10.6 Å². The average Bonchev–Trinajstić information content (AvgIpc) is 2.70. The number of Topliss-reactive ketones (excluding diaryl/α,β-unsaturated/α-hetero) is 1. The van der Waals surface area contributed by atoms with Crippen molar-refractivity contribution in [3.63, 3.8) is 0 Å². The number of amides is 1. The fraction of sp³-hybridized carbons (Fsp3) is 0.174. The number of aromatic nitrogens is 1. The first-order valence-electron chi connectivity index (χ1n) is 9.33. The summed E-state index contributed by atoms with van der Waals surface area (Å²) in [7, 11) is 0. The Kier molecular flexibility index (Phi) is 6.24. The summed E-state index contributed by atoms with van der Waals surface area (Å²) < 4.78 is 5.72. The lowest BCUT2D eigenvalue weighted by Gasteiger charge is -2.14. The van der Waals surface area contributed by atoms with E-state index in [1.54, 1.807) is 36.5 Å². The molecule has 0 aliphatic carbocycles. The summed E-state index contributed by atoms with van der Waals surface area (Å²) >= 11 is 0. The van der Waals surface area contributed by atoms with Gasteiger partial charge in [0, 0.05) is 11.3 Å². The minimum absolute atomic E-state index is 0.000483.